The van der Waals surface area contributed by atoms with Gasteiger partial charge in [0.25, 0.3) is 0 Å². The van der Waals surface area contributed by atoms with Crippen molar-refractivity contribution in [2.75, 3.05) is 40.5 Å². The molecule has 0 aromatic heterocycles. The first-order valence-corrected chi connectivity index (χ1v) is 5.42. The van der Waals surface area contributed by atoms with Crippen LogP contribution in [0.25, 0.3) is 0 Å². The van der Waals surface area contributed by atoms with Crippen LogP contribution in [-0.2, 0) is 9.47 Å². The largest absolute Gasteiger partial charge is 0.380 e. The molecule has 0 radical (unpaired) electrons. The number of hydrogen-bond acceptors (Lipinski definition) is 3. The van der Waals surface area contributed by atoms with E-state index in [1.807, 2.05) is 0 Å². The van der Waals surface area contributed by atoms with Gasteiger partial charge in [0, 0.05) is 6.54 Å². The predicted molar refractivity (Wildman–Crippen MR) is 57.5 cm³/mol. The maximum atomic E-state index is 5.79. The Morgan fingerprint density at radius 3 is 2.43 bits per heavy atom. The van der Waals surface area contributed by atoms with E-state index in [1.54, 1.807) is 0 Å². The maximum Gasteiger partial charge on any atom is 0.0582 e. The van der Waals surface area contributed by atoms with Crippen molar-refractivity contribution in [2.45, 2.75) is 26.4 Å². The molecule has 0 saturated carbocycles. The topological polar surface area (TPSA) is 21.7 Å². The molecule has 3 nitrogen and oxygen atoms in total. The fourth-order valence-corrected chi connectivity index (χ4v) is 1.72. The summed E-state index contributed by atoms with van der Waals surface area (Å²) in [5.74, 6) is 0. The van der Waals surface area contributed by atoms with Gasteiger partial charge in [0.05, 0.1) is 31.3 Å². The SMILES string of the molecule is CCC(C)OCC1(CN(C)C)COC1. The molecule has 1 unspecified atom stereocenters. The summed E-state index contributed by atoms with van der Waals surface area (Å²) in [6, 6.07) is 0. The third kappa shape index (κ3) is 3.23. The van der Waals surface area contributed by atoms with Crippen molar-refractivity contribution < 1.29 is 9.47 Å². The van der Waals surface area contributed by atoms with Gasteiger partial charge < -0.3 is 14.4 Å². The lowest BCUT2D eigenvalue weighted by molar-refractivity contribution is -0.164. The molecule has 1 aliphatic heterocycles. The molecule has 0 bridgehead atoms. The molecule has 1 rings (SSSR count). The summed E-state index contributed by atoms with van der Waals surface area (Å²) in [5, 5.41) is 0. The molecule has 1 aliphatic rings. The second-order valence-corrected chi connectivity index (χ2v) is 4.76. The molecule has 0 aliphatic carbocycles. The van der Waals surface area contributed by atoms with Gasteiger partial charge in [0.15, 0.2) is 0 Å². The Morgan fingerprint density at radius 1 is 1.43 bits per heavy atom. The third-order valence-corrected chi connectivity index (χ3v) is 2.72. The van der Waals surface area contributed by atoms with Crippen molar-refractivity contribution in [2.24, 2.45) is 5.41 Å². The van der Waals surface area contributed by atoms with E-state index in [9.17, 15) is 0 Å². The first kappa shape index (κ1) is 12.0. The Morgan fingerprint density at radius 2 is 2.07 bits per heavy atom. The normalized spacial score (nSPS) is 22.1. The Bertz CT molecular complexity index is 167. The molecule has 14 heavy (non-hydrogen) atoms. The molecule has 1 saturated heterocycles. The zero-order valence-electron chi connectivity index (χ0n) is 9.88. The van der Waals surface area contributed by atoms with E-state index in [4.69, 9.17) is 9.47 Å². The lowest BCUT2D eigenvalue weighted by Crippen LogP contribution is -2.52. The highest BCUT2D eigenvalue weighted by atomic mass is 16.5. The molecule has 0 aromatic rings. The van der Waals surface area contributed by atoms with Crippen LogP contribution in [0.1, 0.15) is 20.3 Å². The van der Waals surface area contributed by atoms with Crippen LogP contribution in [0, 0.1) is 5.41 Å². The maximum absolute atomic E-state index is 5.79. The van der Waals surface area contributed by atoms with Gasteiger partial charge in [-0.25, -0.2) is 0 Å². The summed E-state index contributed by atoms with van der Waals surface area (Å²) in [5.41, 5.74) is 0.257. The zero-order valence-corrected chi connectivity index (χ0v) is 9.88. The van der Waals surface area contributed by atoms with Crippen molar-refractivity contribution in [1.29, 1.82) is 0 Å². The number of nitrogens with zero attached hydrogens (tertiary/aromatic N) is 1. The van der Waals surface area contributed by atoms with Crippen LogP contribution in [-0.4, -0.2) is 51.5 Å². The fourth-order valence-electron chi connectivity index (χ4n) is 1.72. The minimum atomic E-state index is 0.257. The second kappa shape index (κ2) is 5.10. The quantitative estimate of drug-likeness (QED) is 0.648. The summed E-state index contributed by atoms with van der Waals surface area (Å²) >= 11 is 0. The summed E-state index contributed by atoms with van der Waals surface area (Å²) in [6.45, 7) is 7.87. The van der Waals surface area contributed by atoms with E-state index >= 15 is 0 Å². The second-order valence-electron chi connectivity index (χ2n) is 4.76. The van der Waals surface area contributed by atoms with Crippen LogP contribution in [0.4, 0.5) is 0 Å². The van der Waals surface area contributed by atoms with Gasteiger partial charge in [-0.3, -0.25) is 0 Å². The van der Waals surface area contributed by atoms with Crippen LogP contribution >= 0.6 is 0 Å². The van der Waals surface area contributed by atoms with E-state index in [-0.39, 0.29) is 5.41 Å². The highest BCUT2D eigenvalue weighted by Gasteiger charge is 2.39. The molecule has 0 N–H and O–H groups in total. The first-order chi connectivity index (χ1) is 6.58. The van der Waals surface area contributed by atoms with Gasteiger partial charge >= 0.3 is 0 Å². The number of rotatable bonds is 6. The van der Waals surface area contributed by atoms with Crippen molar-refractivity contribution in [3.8, 4) is 0 Å². The lowest BCUT2D eigenvalue weighted by atomic mass is 9.86. The van der Waals surface area contributed by atoms with Crippen molar-refractivity contribution in [3.63, 3.8) is 0 Å². The predicted octanol–water partition coefficient (Wildman–Crippen LogP) is 1.38. The van der Waals surface area contributed by atoms with E-state index in [0.717, 1.165) is 32.8 Å². The monoisotopic (exact) mass is 201 g/mol. The third-order valence-electron chi connectivity index (χ3n) is 2.72. The van der Waals surface area contributed by atoms with Crippen molar-refractivity contribution in [1.82, 2.24) is 4.90 Å². The van der Waals surface area contributed by atoms with E-state index in [0.29, 0.717) is 6.10 Å². The molecule has 3 heteroatoms. The highest BCUT2D eigenvalue weighted by Crippen LogP contribution is 2.29. The Labute approximate surface area is 87.4 Å². The number of hydrogen-bond donors (Lipinski definition) is 0. The first-order valence-electron chi connectivity index (χ1n) is 5.42. The van der Waals surface area contributed by atoms with E-state index in [2.05, 4.69) is 32.8 Å². The highest BCUT2D eigenvalue weighted by molar-refractivity contribution is 4.87. The number of ether oxygens (including phenoxy) is 2. The van der Waals surface area contributed by atoms with Crippen LogP contribution in [0.15, 0.2) is 0 Å². The average molecular weight is 201 g/mol. The Kier molecular flexibility index (Phi) is 4.35. The van der Waals surface area contributed by atoms with Gasteiger partial charge in [-0.1, -0.05) is 6.92 Å². The summed E-state index contributed by atoms with van der Waals surface area (Å²) in [6.07, 6.45) is 1.45. The summed E-state index contributed by atoms with van der Waals surface area (Å²) in [4.78, 5) is 2.21. The minimum Gasteiger partial charge on any atom is -0.380 e. The lowest BCUT2D eigenvalue weighted by Gasteiger charge is -2.43. The van der Waals surface area contributed by atoms with Crippen molar-refractivity contribution >= 4 is 0 Å². The summed E-state index contributed by atoms with van der Waals surface area (Å²) < 4.78 is 11.1. The van der Waals surface area contributed by atoms with Gasteiger partial charge in [-0.15, -0.1) is 0 Å². The molecule has 84 valence electrons. The molecule has 0 spiro atoms. The molecule has 1 fully saturated rings. The molecule has 1 heterocycles. The fraction of sp³-hybridized carbons (Fsp3) is 1.00. The standard InChI is InChI=1S/C11H23NO2/c1-5-10(2)14-9-11(6-12(3)4)7-13-8-11/h10H,5-9H2,1-4H3. The van der Waals surface area contributed by atoms with Crippen LogP contribution in [0.5, 0.6) is 0 Å². The van der Waals surface area contributed by atoms with E-state index < -0.39 is 0 Å². The minimum absolute atomic E-state index is 0.257. The molecule has 0 aromatic carbocycles. The van der Waals surface area contributed by atoms with Gasteiger partial charge in [0.1, 0.15) is 0 Å². The smallest absolute Gasteiger partial charge is 0.0582 e. The van der Waals surface area contributed by atoms with Gasteiger partial charge in [-0.2, -0.15) is 0 Å². The van der Waals surface area contributed by atoms with Crippen LogP contribution < -0.4 is 0 Å². The molecular formula is C11H23NO2. The molecule has 0 amide bonds. The molecule has 1 atom stereocenters. The Balaban J connectivity index is 2.30. The van der Waals surface area contributed by atoms with Gasteiger partial charge in [0.2, 0.25) is 0 Å². The molecular weight excluding hydrogens is 178 g/mol. The van der Waals surface area contributed by atoms with Crippen LogP contribution in [0.3, 0.4) is 0 Å². The van der Waals surface area contributed by atoms with Crippen molar-refractivity contribution in [3.05, 3.63) is 0 Å². The Hall–Kier alpha value is -0.120. The zero-order chi connectivity index (χ0) is 10.6. The van der Waals surface area contributed by atoms with Gasteiger partial charge in [-0.05, 0) is 27.4 Å². The summed E-state index contributed by atoms with van der Waals surface area (Å²) in [7, 11) is 4.20. The van der Waals surface area contributed by atoms with E-state index in [1.165, 1.54) is 0 Å². The van der Waals surface area contributed by atoms with Crippen LogP contribution in [0.2, 0.25) is 0 Å². The average Bonchev–Trinajstić information content (AvgIpc) is 2.08.